The molecular formula is C22H28F2N2O. The number of halogens is 2. The lowest BCUT2D eigenvalue weighted by Gasteiger charge is -2.25. The molecule has 5 heteroatoms. The molecule has 0 bridgehead atoms. The van der Waals surface area contributed by atoms with Crippen LogP contribution in [0.5, 0.6) is 0 Å². The van der Waals surface area contributed by atoms with E-state index in [1.807, 2.05) is 51.1 Å². The maximum atomic E-state index is 15.0. The first-order valence-corrected chi connectivity index (χ1v) is 9.04. The summed E-state index contributed by atoms with van der Waals surface area (Å²) >= 11 is 0. The third-order valence-corrected chi connectivity index (χ3v) is 4.42. The highest BCUT2D eigenvalue weighted by Crippen LogP contribution is 2.35. The van der Waals surface area contributed by atoms with Gasteiger partial charge in [-0.15, -0.1) is 0 Å². The second kappa shape index (κ2) is 8.07. The van der Waals surface area contributed by atoms with Gasteiger partial charge in [0.2, 0.25) is 5.91 Å². The van der Waals surface area contributed by atoms with Crippen LogP contribution in [0.4, 0.5) is 20.2 Å². The highest BCUT2D eigenvalue weighted by Gasteiger charge is 2.25. The fraction of sp³-hybridized carbons (Fsp3) is 0.409. The Morgan fingerprint density at radius 1 is 1.04 bits per heavy atom. The number of amides is 1. The first kappa shape index (κ1) is 20.9. The van der Waals surface area contributed by atoms with E-state index in [0.717, 1.165) is 5.56 Å². The van der Waals surface area contributed by atoms with Crippen LogP contribution in [-0.4, -0.2) is 13.0 Å². The summed E-state index contributed by atoms with van der Waals surface area (Å²) in [7, 11) is 1.66. The van der Waals surface area contributed by atoms with Gasteiger partial charge in [-0.25, -0.2) is 8.78 Å². The summed E-state index contributed by atoms with van der Waals surface area (Å²) in [5.74, 6) is -1.55. The third kappa shape index (κ3) is 5.06. The van der Waals surface area contributed by atoms with Crippen molar-refractivity contribution in [1.29, 1.82) is 0 Å². The molecule has 2 aromatic carbocycles. The molecule has 0 aliphatic rings. The molecule has 2 rings (SSSR count). The number of anilines is 2. The summed E-state index contributed by atoms with van der Waals surface area (Å²) in [6.45, 7) is 9.32. The molecule has 0 fully saturated rings. The molecule has 2 aromatic rings. The maximum Gasteiger partial charge on any atom is 0.224 e. The monoisotopic (exact) mass is 374 g/mol. The van der Waals surface area contributed by atoms with Crippen LogP contribution in [0.3, 0.4) is 0 Å². The molecule has 1 amide bonds. The van der Waals surface area contributed by atoms with Gasteiger partial charge < -0.3 is 10.2 Å². The Balaban J connectivity index is 2.35. The molecule has 27 heavy (non-hydrogen) atoms. The lowest BCUT2D eigenvalue weighted by molar-refractivity contribution is -0.117. The van der Waals surface area contributed by atoms with Crippen LogP contribution < -0.4 is 10.2 Å². The van der Waals surface area contributed by atoms with Crippen LogP contribution >= 0.6 is 0 Å². The fourth-order valence-corrected chi connectivity index (χ4v) is 3.08. The van der Waals surface area contributed by atoms with Gasteiger partial charge in [0, 0.05) is 31.1 Å². The van der Waals surface area contributed by atoms with E-state index in [-0.39, 0.29) is 40.2 Å². The van der Waals surface area contributed by atoms with Gasteiger partial charge >= 0.3 is 0 Å². The second-order valence-corrected chi connectivity index (χ2v) is 8.23. The fourth-order valence-electron chi connectivity index (χ4n) is 3.08. The van der Waals surface area contributed by atoms with E-state index >= 15 is 8.78 Å². The molecule has 0 radical (unpaired) electrons. The van der Waals surface area contributed by atoms with E-state index in [0.29, 0.717) is 6.54 Å². The van der Waals surface area contributed by atoms with Gasteiger partial charge in [0.15, 0.2) is 11.6 Å². The van der Waals surface area contributed by atoms with Gasteiger partial charge in [0.05, 0.1) is 5.69 Å². The van der Waals surface area contributed by atoms with Crippen LogP contribution in [0.15, 0.2) is 30.3 Å². The number of rotatable bonds is 5. The van der Waals surface area contributed by atoms with Crippen molar-refractivity contribution in [3.8, 4) is 0 Å². The van der Waals surface area contributed by atoms with Crippen LogP contribution in [0, 0.1) is 30.9 Å². The zero-order valence-electron chi connectivity index (χ0n) is 16.9. The van der Waals surface area contributed by atoms with E-state index in [9.17, 15) is 4.79 Å². The minimum atomic E-state index is -0.650. The molecule has 0 aromatic heterocycles. The zero-order chi connectivity index (χ0) is 20.4. The number of hydrogen-bond donors (Lipinski definition) is 1. The Bertz CT molecular complexity index is 797. The number of carbonyl (C=O) groups is 1. The molecule has 0 aliphatic carbocycles. The molecule has 0 atom stereocenters. The van der Waals surface area contributed by atoms with Crippen molar-refractivity contribution in [3.05, 3.63) is 58.7 Å². The summed E-state index contributed by atoms with van der Waals surface area (Å²) in [5.41, 5.74) is 1.37. The predicted molar refractivity (Wildman–Crippen MR) is 107 cm³/mol. The van der Waals surface area contributed by atoms with Crippen molar-refractivity contribution in [1.82, 2.24) is 0 Å². The Morgan fingerprint density at radius 3 is 2.04 bits per heavy atom. The lowest BCUT2D eigenvalue weighted by Crippen LogP contribution is -2.23. The molecule has 0 saturated heterocycles. The van der Waals surface area contributed by atoms with Crippen molar-refractivity contribution in [2.75, 3.05) is 17.3 Å². The summed E-state index contributed by atoms with van der Waals surface area (Å²) < 4.78 is 30.0. The van der Waals surface area contributed by atoms with Gasteiger partial charge in [-0.1, -0.05) is 51.1 Å². The Morgan fingerprint density at radius 2 is 1.56 bits per heavy atom. The molecule has 0 aliphatic heterocycles. The smallest absolute Gasteiger partial charge is 0.224 e. The van der Waals surface area contributed by atoms with Crippen LogP contribution in [0.1, 0.15) is 43.9 Å². The number of carbonyl (C=O) groups excluding carboxylic acids is 1. The SMILES string of the molecule is Cc1c(F)c(N(C)Cc2ccccc2)c(F)c(C)c1NC(=O)CC(C)(C)C. The average molecular weight is 374 g/mol. The molecule has 3 nitrogen and oxygen atoms in total. The highest BCUT2D eigenvalue weighted by atomic mass is 19.1. The van der Waals surface area contributed by atoms with E-state index in [4.69, 9.17) is 0 Å². The predicted octanol–water partition coefficient (Wildman–Crippen LogP) is 5.59. The lowest BCUT2D eigenvalue weighted by atomic mass is 9.92. The number of nitrogens with one attached hydrogen (secondary N) is 1. The minimum Gasteiger partial charge on any atom is -0.366 e. The normalized spacial score (nSPS) is 11.4. The van der Waals surface area contributed by atoms with E-state index in [2.05, 4.69) is 5.32 Å². The van der Waals surface area contributed by atoms with Gasteiger partial charge in [-0.3, -0.25) is 4.79 Å². The zero-order valence-corrected chi connectivity index (χ0v) is 16.9. The Labute approximate surface area is 160 Å². The second-order valence-electron chi connectivity index (χ2n) is 8.23. The number of hydrogen-bond acceptors (Lipinski definition) is 2. The van der Waals surface area contributed by atoms with Crippen molar-refractivity contribution in [2.45, 2.75) is 47.6 Å². The molecule has 146 valence electrons. The molecule has 0 heterocycles. The summed E-state index contributed by atoms with van der Waals surface area (Å²) in [6.07, 6.45) is 0.269. The Hall–Kier alpha value is -2.43. The number of nitrogens with zero attached hydrogens (tertiary/aromatic N) is 1. The summed E-state index contributed by atoms with van der Waals surface area (Å²) in [5, 5.41) is 2.70. The van der Waals surface area contributed by atoms with E-state index < -0.39 is 11.6 Å². The van der Waals surface area contributed by atoms with E-state index in [1.165, 1.54) is 0 Å². The van der Waals surface area contributed by atoms with Crippen LogP contribution in [0.25, 0.3) is 0 Å². The van der Waals surface area contributed by atoms with Crippen LogP contribution in [0.2, 0.25) is 0 Å². The molecule has 0 spiro atoms. The number of benzene rings is 2. The third-order valence-electron chi connectivity index (χ3n) is 4.42. The van der Waals surface area contributed by atoms with Gasteiger partial charge in [-0.2, -0.15) is 0 Å². The van der Waals surface area contributed by atoms with Crippen molar-refractivity contribution in [2.24, 2.45) is 5.41 Å². The van der Waals surface area contributed by atoms with E-state index in [1.54, 1.807) is 25.8 Å². The molecule has 1 N–H and O–H groups in total. The largest absolute Gasteiger partial charge is 0.366 e. The topological polar surface area (TPSA) is 32.3 Å². The molecule has 0 unspecified atom stereocenters. The van der Waals surface area contributed by atoms with Gasteiger partial charge in [0.25, 0.3) is 0 Å². The van der Waals surface area contributed by atoms with Gasteiger partial charge in [-0.05, 0) is 24.8 Å². The first-order chi connectivity index (χ1) is 12.5. The van der Waals surface area contributed by atoms with Crippen molar-refractivity contribution in [3.63, 3.8) is 0 Å². The summed E-state index contributed by atoms with van der Waals surface area (Å²) in [4.78, 5) is 13.8. The van der Waals surface area contributed by atoms with Gasteiger partial charge in [0.1, 0.15) is 5.69 Å². The molecular weight excluding hydrogens is 346 g/mol. The quantitative estimate of drug-likeness (QED) is 0.739. The highest BCUT2D eigenvalue weighted by molar-refractivity contribution is 5.93. The maximum absolute atomic E-state index is 15.0. The Kier molecular flexibility index (Phi) is 6.24. The molecule has 0 saturated carbocycles. The van der Waals surface area contributed by atoms with Crippen LogP contribution in [-0.2, 0) is 11.3 Å². The standard InChI is InChI=1S/C22H28F2N2O/c1-14-18(23)21(26(6)13-16-10-8-7-9-11-16)19(24)15(2)20(14)25-17(27)12-22(3,4)5/h7-11H,12-13H2,1-6H3,(H,25,27). The summed E-state index contributed by atoms with van der Waals surface area (Å²) in [6, 6.07) is 9.49. The van der Waals surface area contributed by atoms with Crippen molar-refractivity contribution >= 4 is 17.3 Å². The first-order valence-electron chi connectivity index (χ1n) is 9.04. The van der Waals surface area contributed by atoms with Crippen molar-refractivity contribution < 1.29 is 13.6 Å². The minimum absolute atomic E-state index is 0.0809. The average Bonchev–Trinajstić information content (AvgIpc) is 2.56.